The number of benzene rings is 1. The van der Waals surface area contributed by atoms with Crippen LogP contribution in [0.1, 0.15) is 17.8 Å². The summed E-state index contributed by atoms with van der Waals surface area (Å²) in [5.74, 6) is -2.30. The molecule has 0 fully saturated rings. The molecule has 0 bridgehead atoms. The number of hydrogen-bond donors (Lipinski definition) is 1. The molecule has 1 heterocycles. The van der Waals surface area contributed by atoms with Crippen molar-refractivity contribution < 1.29 is 17.2 Å². The second kappa shape index (κ2) is 6.94. The normalized spacial score (nSPS) is 11.9. The predicted molar refractivity (Wildman–Crippen MR) is 82.9 cm³/mol. The Kier molecular flexibility index (Phi) is 5.38. The third kappa shape index (κ3) is 4.07. The van der Waals surface area contributed by atoms with E-state index >= 15 is 0 Å². The second-order valence-corrected chi connectivity index (χ2v) is 7.18. The van der Waals surface area contributed by atoms with Crippen LogP contribution in [0.5, 0.6) is 0 Å². The van der Waals surface area contributed by atoms with Crippen molar-refractivity contribution in [2.45, 2.75) is 31.7 Å². The molecule has 1 N–H and O–H groups in total. The molecule has 0 saturated heterocycles. The highest BCUT2D eigenvalue weighted by Gasteiger charge is 2.16. The van der Waals surface area contributed by atoms with Crippen LogP contribution < -0.4 is 4.72 Å². The minimum Gasteiger partial charge on any atom is -0.268 e. The van der Waals surface area contributed by atoms with Crippen LogP contribution in [-0.2, 0) is 16.6 Å². The van der Waals surface area contributed by atoms with Crippen molar-refractivity contribution in [2.24, 2.45) is 0 Å². The summed E-state index contributed by atoms with van der Waals surface area (Å²) in [6.07, 6.45) is 0.473. The van der Waals surface area contributed by atoms with Crippen molar-refractivity contribution in [2.75, 3.05) is 6.54 Å². The highest BCUT2D eigenvalue weighted by atomic mass is 35.5. The molecule has 0 aliphatic carbocycles. The van der Waals surface area contributed by atoms with Gasteiger partial charge in [-0.2, -0.15) is 5.10 Å². The fourth-order valence-electron chi connectivity index (χ4n) is 2.06. The van der Waals surface area contributed by atoms with Crippen LogP contribution in [0.15, 0.2) is 23.1 Å². The Morgan fingerprint density at radius 1 is 1.26 bits per heavy atom. The first-order chi connectivity index (χ1) is 10.7. The minimum absolute atomic E-state index is 0.136. The molecule has 0 radical (unpaired) electrons. The largest absolute Gasteiger partial charge is 0.268 e. The molecule has 126 valence electrons. The number of aryl methyl sites for hydroxylation is 2. The highest BCUT2D eigenvalue weighted by molar-refractivity contribution is 7.89. The van der Waals surface area contributed by atoms with E-state index in [2.05, 4.69) is 9.82 Å². The first-order valence-electron chi connectivity index (χ1n) is 6.86. The van der Waals surface area contributed by atoms with Crippen molar-refractivity contribution in [1.29, 1.82) is 0 Å². The Morgan fingerprint density at radius 3 is 2.52 bits per heavy atom. The maximum atomic E-state index is 13.1. The molecule has 5 nitrogen and oxygen atoms in total. The lowest BCUT2D eigenvalue weighted by Gasteiger charge is -2.08. The first kappa shape index (κ1) is 17.8. The van der Waals surface area contributed by atoms with Crippen LogP contribution in [0, 0.1) is 25.5 Å². The van der Waals surface area contributed by atoms with E-state index in [1.807, 2.05) is 6.92 Å². The van der Waals surface area contributed by atoms with Crippen molar-refractivity contribution >= 4 is 21.6 Å². The lowest BCUT2D eigenvalue weighted by molar-refractivity contribution is 0.503. The maximum Gasteiger partial charge on any atom is 0.240 e. The SMILES string of the molecule is Cc1nn(CCCNS(=O)(=O)c2ccc(F)c(F)c2)c(C)c1Cl. The molecule has 0 saturated carbocycles. The summed E-state index contributed by atoms with van der Waals surface area (Å²) in [5, 5.41) is 4.83. The topological polar surface area (TPSA) is 64.0 Å². The average molecular weight is 364 g/mol. The van der Waals surface area contributed by atoms with Gasteiger partial charge in [0.05, 0.1) is 21.3 Å². The van der Waals surface area contributed by atoms with E-state index in [4.69, 9.17) is 11.6 Å². The molecule has 0 spiro atoms. The molecule has 1 aromatic heterocycles. The van der Waals surface area contributed by atoms with Gasteiger partial charge in [0.25, 0.3) is 0 Å². The molecule has 0 unspecified atom stereocenters. The summed E-state index contributed by atoms with van der Waals surface area (Å²) in [5.41, 5.74) is 1.53. The van der Waals surface area contributed by atoms with E-state index in [9.17, 15) is 17.2 Å². The van der Waals surface area contributed by atoms with Crippen molar-refractivity contribution in [3.8, 4) is 0 Å². The second-order valence-electron chi connectivity index (χ2n) is 5.04. The van der Waals surface area contributed by atoms with E-state index < -0.39 is 21.7 Å². The molecule has 2 aromatic rings. The highest BCUT2D eigenvalue weighted by Crippen LogP contribution is 2.19. The van der Waals surface area contributed by atoms with Crippen molar-refractivity contribution in [1.82, 2.24) is 14.5 Å². The zero-order valence-electron chi connectivity index (χ0n) is 12.6. The molecular formula is C14H16ClF2N3O2S. The molecule has 23 heavy (non-hydrogen) atoms. The zero-order valence-corrected chi connectivity index (χ0v) is 14.2. The summed E-state index contributed by atoms with van der Waals surface area (Å²) in [7, 11) is -3.88. The number of hydrogen-bond acceptors (Lipinski definition) is 3. The minimum atomic E-state index is -3.88. The maximum absolute atomic E-state index is 13.1. The van der Waals surface area contributed by atoms with E-state index in [1.165, 1.54) is 0 Å². The molecule has 9 heteroatoms. The van der Waals surface area contributed by atoms with Crippen LogP contribution >= 0.6 is 11.6 Å². The molecule has 1 aromatic carbocycles. The molecule has 0 aliphatic heterocycles. The van der Waals surface area contributed by atoms with Crippen LogP contribution in [-0.4, -0.2) is 24.7 Å². The third-order valence-electron chi connectivity index (χ3n) is 3.33. The Labute approximate surface area is 138 Å². The Hall–Kier alpha value is -1.51. The van der Waals surface area contributed by atoms with Gasteiger partial charge >= 0.3 is 0 Å². The van der Waals surface area contributed by atoms with Gasteiger partial charge in [0.1, 0.15) is 0 Å². The molecule has 0 atom stereocenters. The number of rotatable bonds is 6. The first-order valence-corrected chi connectivity index (χ1v) is 8.72. The molecular weight excluding hydrogens is 348 g/mol. The lowest BCUT2D eigenvalue weighted by Crippen LogP contribution is -2.26. The van der Waals surface area contributed by atoms with Crippen LogP contribution in [0.2, 0.25) is 5.02 Å². The number of halogens is 3. The summed E-state index contributed by atoms with van der Waals surface area (Å²) in [6.45, 7) is 4.24. The Balaban J connectivity index is 1.94. The smallest absolute Gasteiger partial charge is 0.240 e. The monoisotopic (exact) mass is 363 g/mol. The molecule has 2 rings (SSSR count). The van der Waals surface area contributed by atoms with Gasteiger partial charge in [0.2, 0.25) is 10.0 Å². The fourth-order valence-corrected chi connectivity index (χ4v) is 3.28. The number of nitrogens with zero attached hydrogens (tertiary/aromatic N) is 2. The number of nitrogens with one attached hydrogen (secondary N) is 1. The fraction of sp³-hybridized carbons (Fsp3) is 0.357. The van der Waals surface area contributed by atoms with E-state index in [1.54, 1.807) is 11.6 Å². The quantitative estimate of drug-likeness (QED) is 0.803. The predicted octanol–water partition coefficient (Wildman–Crippen LogP) is 2.80. The summed E-state index contributed by atoms with van der Waals surface area (Å²) < 4.78 is 54.0. The van der Waals surface area contributed by atoms with E-state index in [-0.39, 0.29) is 11.4 Å². The van der Waals surface area contributed by atoms with E-state index in [0.717, 1.165) is 17.8 Å². The van der Waals surface area contributed by atoms with Gasteiger partial charge in [-0.25, -0.2) is 21.9 Å². The summed E-state index contributed by atoms with van der Waals surface area (Å²) >= 11 is 6.03. The number of aromatic nitrogens is 2. The van der Waals surface area contributed by atoms with Crippen LogP contribution in [0.3, 0.4) is 0 Å². The summed E-state index contributed by atoms with van der Waals surface area (Å²) in [4.78, 5) is -0.314. The van der Waals surface area contributed by atoms with Gasteiger partial charge in [-0.1, -0.05) is 11.6 Å². The Morgan fingerprint density at radius 2 is 1.96 bits per heavy atom. The van der Waals surface area contributed by atoms with Gasteiger partial charge in [0.15, 0.2) is 11.6 Å². The van der Waals surface area contributed by atoms with Gasteiger partial charge in [-0.3, -0.25) is 4.68 Å². The lowest BCUT2D eigenvalue weighted by atomic mass is 10.3. The van der Waals surface area contributed by atoms with Gasteiger partial charge in [-0.15, -0.1) is 0 Å². The zero-order chi connectivity index (χ0) is 17.2. The number of sulfonamides is 1. The average Bonchev–Trinajstić information content (AvgIpc) is 2.73. The standard InChI is InChI=1S/C14H16ClF2N3O2S/c1-9-14(15)10(2)20(19-9)7-3-6-18-23(21,22)11-4-5-12(16)13(17)8-11/h4-5,8,18H,3,6-7H2,1-2H3. The van der Waals surface area contributed by atoms with Crippen LogP contribution in [0.25, 0.3) is 0 Å². The van der Waals surface area contributed by atoms with Gasteiger partial charge < -0.3 is 0 Å². The Bertz CT molecular complexity index is 822. The van der Waals surface area contributed by atoms with Gasteiger partial charge in [0, 0.05) is 13.1 Å². The third-order valence-corrected chi connectivity index (χ3v) is 5.34. The summed E-state index contributed by atoms with van der Waals surface area (Å²) in [6, 6.07) is 2.45. The molecule has 0 amide bonds. The van der Waals surface area contributed by atoms with Crippen molar-refractivity contribution in [3.05, 3.63) is 46.2 Å². The molecule has 0 aliphatic rings. The van der Waals surface area contributed by atoms with Gasteiger partial charge in [-0.05, 0) is 38.5 Å². The van der Waals surface area contributed by atoms with Crippen LogP contribution in [0.4, 0.5) is 8.78 Å². The van der Waals surface area contributed by atoms with E-state index in [0.29, 0.717) is 29.7 Å². The van der Waals surface area contributed by atoms with Crippen molar-refractivity contribution in [3.63, 3.8) is 0 Å².